The number of benzene rings is 1. The zero-order chi connectivity index (χ0) is 16.2. The third-order valence-corrected chi connectivity index (χ3v) is 5.29. The molecule has 3 rings (SSSR count). The number of likely N-dealkylation sites (N-methyl/N-ethyl adjacent to an activating group) is 1. The van der Waals surface area contributed by atoms with Crippen LogP contribution in [0.1, 0.15) is 38.2 Å². The van der Waals surface area contributed by atoms with Gasteiger partial charge in [0.1, 0.15) is 6.10 Å². The molecule has 0 radical (unpaired) electrons. The smallest absolute Gasteiger partial charge is 0.251 e. The van der Waals surface area contributed by atoms with Crippen molar-refractivity contribution in [2.24, 2.45) is 0 Å². The first-order valence-electron chi connectivity index (χ1n) is 8.83. The Morgan fingerprint density at radius 3 is 2.57 bits per heavy atom. The van der Waals surface area contributed by atoms with Crippen molar-refractivity contribution in [3.05, 3.63) is 35.9 Å². The fourth-order valence-electron chi connectivity index (χ4n) is 3.99. The number of hydrogen-bond donors (Lipinski definition) is 0. The molecule has 1 aromatic carbocycles. The molecule has 2 heterocycles. The van der Waals surface area contributed by atoms with Gasteiger partial charge in [-0.15, -0.1) is 0 Å². The number of nitrogens with zero attached hydrogens (tertiary/aromatic N) is 2. The number of likely N-dealkylation sites (tertiary alicyclic amines) is 2. The SMILES string of the molecule is C[C@H](OCc1ccccc1)C(=O)N1CCC[C@@H]1[C@H]1CCCN1C. The van der Waals surface area contributed by atoms with Crippen LogP contribution in [0, 0.1) is 0 Å². The minimum Gasteiger partial charge on any atom is -0.364 e. The van der Waals surface area contributed by atoms with Crippen molar-refractivity contribution >= 4 is 5.91 Å². The zero-order valence-electron chi connectivity index (χ0n) is 14.3. The predicted molar refractivity (Wildman–Crippen MR) is 91.1 cm³/mol. The highest BCUT2D eigenvalue weighted by molar-refractivity contribution is 5.81. The maximum absolute atomic E-state index is 12.8. The van der Waals surface area contributed by atoms with Crippen LogP contribution in [0.2, 0.25) is 0 Å². The molecule has 1 aromatic rings. The highest BCUT2D eigenvalue weighted by Gasteiger charge is 2.39. The molecule has 2 aliphatic rings. The normalized spacial score (nSPS) is 26.6. The first-order chi connectivity index (χ1) is 11.2. The second-order valence-corrected chi connectivity index (χ2v) is 6.87. The highest BCUT2D eigenvalue weighted by atomic mass is 16.5. The molecule has 0 aliphatic carbocycles. The summed E-state index contributed by atoms with van der Waals surface area (Å²) >= 11 is 0. The fourth-order valence-corrected chi connectivity index (χ4v) is 3.99. The Morgan fingerprint density at radius 1 is 1.17 bits per heavy atom. The summed E-state index contributed by atoms with van der Waals surface area (Å²) < 4.78 is 5.84. The number of carbonyl (C=O) groups is 1. The van der Waals surface area contributed by atoms with Crippen LogP contribution < -0.4 is 0 Å². The lowest BCUT2D eigenvalue weighted by Gasteiger charge is -2.34. The van der Waals surface area contributed by atoms with Crippen LogP contribution in [-0.4, -0.2) is 54.0 Å². The van der Waals surface area contributed by atoms with Crippen molar-refractivity contribution < 1.29 is 9.53 Å². The monoisotopic (exact) mass is 316 g/mol. The Bertz CT molecular complexity index is 519. The topological polar surface area (TPSA) is 32.8 Å². The Morgan fingerprint density at radius 2 is 1.87 bits per heavy atom. The molecule has 0 bridgehead atoms. The van der Waals surface area contributed by atoms with Gasteiger partial charge in [-0.25, -0.2) is 0 Å². The number of amides is 1. The fraction of sp³-hybridized carbons (Fsp3) is 0.632. The summed E-state index contributed by atoms with van der Waals surface area (Å²) in [6.45, 7) is 4.42. The van der Waals surface area contributed by atoms with Crippen LogP contribution in [0.3, 0.4) is 0 Å². The summed E-state index contributed by atoms with van der Waals surface area (Å²) in [6.07, 6.45) is 4.34. The third kappa shape index (κ3) is 3.75. The summed E-state index contributed by atoms with van der Waals surface area (Å²) in [4.78, 5) is 17.3. The summed E-state index contributed by atoms with van der Waals surface area (Å²) in [7, 11) is 2.19. The molecule has 0 N–H and O–H groups in total. The van der Waals surface area contributed by atoms with Gasteiger partial charge in [-0.05, 0) is 51.8 Å². The molecule has 0 saturated carbocycles. The summed E-state index contributed by atoms with van der Waals surface area (Å²) in [5.74, 6) is 0.156. The van der Waals surface area contributed by atoms with Crippen molar-refractivity contribution in [2.75, 3.05) is 20.1 Å². The van der Waals surface area contributed by atoms with E-state index in [1.807, 2.05) is 37.3 Å². The van der Waals surface area contributed by atoms with Gasteiger partial charge in [0.25, 0.3) is 5.91 Å². The number of hydrogen-bond acceptors (Lipinski definition) is 3. The van der Waals surface area contributed by atoms with Crippen LogP contribution in [-0.2, 0) is 16.1 Å². The Kier molecular flexibility index (Phi) is 5.34. The lowest BCUT2D eigenvalue weighted by molar-refractivity contribution is -0.145. The lowest BCUT2D eigenvalue weighted by Crippen LogP contribution is -2.50. The second kappa shape index (κ2) is 7.45. The minimum absolute atomic E-state index is 0.156. The molecular weight excluding hydrogens is 288 g/mol. The van der Waals surface area contributed by atoms with E-state index in [0.29, 0.717) is 18.7 Å². The Labute approximate surface area is 139 Å². The number of ether oxygens (including phenoxy) is 1. The molecule has 4 heteroatoms. The van der Waals surface area contributed by atoms with E-state index in [-0.39, 0.29) is 12.0 Å². The third-order valence-electron chi connectivity index (χ3n) is 5.29. The van der Waals surface area contributed by atoms with Crippen molar-refractivity contribution in [2.45, 2.75) is 57.4 Å². The minimum atomic E-state index is -0.373. The van der Waals surface area contributed by atoms with Gasteiger partial charge >= 0.3 is 0 Å². The van der Waals surface area contributed by atoms with E-state index in [9.17, 15) is 4.79 Å². The molecule has 2 fully saturated rings. The van der Waals surface area contributed by atoms with E-state index in [1.165, 1.54) is 12.8 Å². The molecule has 2 aliphatic heterocycles. The first-order valence-corrected chi connectivity index (χ1v) is 8.83. The van der Waals surface area contributed by atoms with Crippen molar-refractivity contribution in [3.63, 3.8) is 0 Å². The summed E-state index contributed by atoms with van der Waals surface area (Å²) in [5.41, 5.74) is 1.11. The van der Waals surface area contributed by atoms with E-state index in [1.54, 1.807) is 0 Å². The predicted octanol–water partition coefficient (Wildman–Crippen LogP) is 2.68. The molecule has 1 amide bonds. The lowest BCUT2D eigenvalue weighted by atomic mass is 10.0. The molecule has 2 saturated heterocycles. The maximum atomic E-state index is 12.8. The van der Waals surface area contributed by atoms with Crippen LogP contribution >= 0.6 is 0 Å². The quantitative estimate of drug-likeness (QED) is 0.837. The highest BCUT2D eigenvalue weighted by Crippen LogP contribution is 2.29. The Hall–Kier alpha value is -1.39. The molecule has 4 nitrogen and oxygen atoms in total. The van der Waals surface area contributed by atoms with Gasteiger partial charge < -0.3 is 14.5 Å². The summed E-state index contributed by atoms with van der Waals surface area (Å²) in [5, 5.41) is 0. The average molecular weight is 316 g/mol. The van der Waals surface area contributed by atoms with Gasteiger partial charge in [0.05, 0.1) is 6.61 Å². The van der Waals surface area contributed by atoms with Crippen molar-refractivity contribution in [3.8, 4) is 0 Å². The van der Waals surface area contributed by atoms with Gasteiger partial charge in [0.2, 0.25) is 0 Å². The van der Waals surface area contributed by atoms with Gasteiger partial charge in [-0.1, -0.05) is 30.3 Å². The van der Waals surface area contributed by atoms with Crippen LogP contribution in [0.15, 0.2) is 30.3 Å². The second-order valence-electron chi connectivity index (χ2n) is 6.87. The molecule has 23 heavy (non-hydrogen) atoms. The molecule has 0 aromatic heterocycles. The van der Waals surface area contributed by atoms with Crippen LogP contribution in [0.25, 0.3) is 0 Å². The van der Waals surface area contributed by atoms with Crippen molar-refractivity contribution in [1.29, 1.82) is 0 Å². The van der Waals surface area contributed by atoms with E-state index >= 15 is 0 Å². The Balaban J connectivity index is 1.57. The van der Waals surface area contributed by atoms with Gasteiger partial charge in [0, 0.05) is 18.6 Å². The standard InChI is InChI=1S/C19H28N2O2/c1-15(23-14-16-8-4-3-5-9-16)19(22)21-13-7-11-18(21)17-10-6-12-20(17)2/h3-5,8-9,15,17-18H,6-7,10-14H2,1-2H3/t15-,17+,18+/m0/s1. The van der Waals surface area contributed by atoms with Gasteiger partial charge in [0.15, 0.2) is 0 Å². The summed E-state index contributed by atoms with van der Waals surface area (Å²) in [6, 6.07) is 11.0. The largest absolute Gasteiger partial charge is 0.364 e. The maximum Gasteiger partial charge on any atom is 0.251 e. The van der Waals surface area contributed by atoms with Gasteiger partial charge in [-0.3, -0.25) is 4.79 Å². The first kappa shape index (κ1) is 16.5. The molecule has 3 atom stereocenters. The average Bonchev–Trinajstić information content (AvgIpc) is 3.21. The number of rotatable bonds is 5. The van der Waals surface area contributed by atoms with Gasteiger partial charge in [-0.2, -0.15) is 0 Å². The van der Waals surface area contributed by atoms with E-state index in [0.717, 1.165) is 31.5 Å². The van der Waals surface area contributed by atoms with E-state index in [4.69, 9.17) is 4.74 Å². The molecular formula is C19H28N2O2. The molecule has 0 unspecified atom stereocenters. The molecule has 0 spiro atoms. The molecule has 126 valence electrons. The van der Waals surface area contributed by atoms with E-state index in [2.05, 4.69) is 16.8 Å². The van der Waals surface area contributed by atoms with E-state index < -0.39 is 0 Å². The number of carbonyl (C=O) groups excluding carboxylic acids is 1. The van der Waals surface area contributed by atoms with Crippen LogP contribution in [0.5, 0.6) is 0 Å². The zero-order valence-corrected chi connectivity index (χ0v) is 14.3. The van der Waals surface area contributed by atoms with Crippen LogP contribution in [0.4, 0.5) is 0 Å². The van der Waals surface area contributed by atoms with Crippen molar-refractivity contribution in [1.82, 2.24) is 9.80 Å².